The molecule has 1 amide bonds. The van der Waals surface area contributed by atoms with E-state index < -0.39 is 29.7 Å². The molecule has 2 aromatic carbocycles. The summed E-state index contributed by atoms with van der Waals surface area (Å²) in [5.74, 6) is -2.03. The molecule has 0 bridgehead atoms. The number of carbonyl (C=O) groups excluding carboxylic acids is 3. The lowest BCUT2D eigenvalue weighted by atomic mass is 9.90. The third-order valence-electron chi connectivity index (χ3n) is 4.03. The maximum atomic E-state index is 12.7. The first-order chi connectivity index (χ1) is 13.3. The van der Waals surface area contributed by atoms with Gasteiger partial charge in [0.05, 0.1) is 18.2 Å². The number of nitriles is 1. The molecule has 28 heavy (non-hydrogen) atoms. The fraction of sp³-hybridized carbons (Fsp3) is 0.200. The van der Waals surface area contributed by atoms with Crippen molar-refractivity contribution < 1.29 is 19.1 Å². The van der Waals surface area contributed by atoms with Crippen molar-refractivity contribution in [2.75, 3.05) is 18.5 Å². The largest absolute Gasteiger partial charge is 0.464 e. The SMILES string of the molecule is CCOC(=O)C(N)(CN)C(=O)c1cccc(NC(=O)c2ccc(C#N)cc2)c1. The quantitative estimate of drug-likeness (QED) is 0.371. The highest BCUT2D eigenvalue weighted by Crippen LogP contribution is 2.18. The number of ketones is 1. The first-order valence-corrected chi connectivity index (χ1v) is 8.48. The number of nitrogens with zero attached hydrogens (tertiary/aromatic N) is 1. The normalized spacial score (nSPS) is 12.4. The summed E-state index contributed by atoms with van der Waals surface area (Å²) in [5.41, 5.74) is 10.7. The van der Waals surface area contributed by atoms with Gasteiger partial charge in [-0.2, -0.15) is 5.26 Å². The van der Waals surface area contributed by atoms with Crippen molar-refractivity contribution in [1.82, 2.24) is 0 Å². The molecule has 144 valence electrons. The number of esters is 1. The summed E-state index contributed by atoms with van der Waals surface area (Å²) in [7, 11) is 0. The highest BCUT2D eigenvalue weighted by atomic mass is 16.5. The summed E-state index contributed by atoms with van der Waals surface area (Å²) in [6, 6.07) is 14.1. The van der Waals surface area contributed by atoms with Crippen LogP contribution >= 0.6 is 0 Å². The third kappa shape index (κ3) is 4.40. The Morgan fingerprint density at radius 3 is 2.39 bits per heavy atom. The average Bonchev–Trinajstić information content (AvgIpc) is 2.73. The fourth-order valence-corrected chi connectivity index (χ4v) is 2.42. The van der Waals surface area contributed by atoms with Crippen LogP contribution in [0.25, 0.3) is 0 Å². The molecular weight excluding hydrogens is 360 g/mol. The first-order valence-electron chi connectivity index (χ1n) is 8.48. The van der Waals surface area contributed by atoms with E-state index in [0.717, 1.165) is 0 Å². The Bertz CT molecular complexity index is 934. The van der Waals surface area contributed by atoms with Gasteiger partial charge in [0.2, 0.25) is 0 Å². The van der Waals surface area contributed by atoms with Crippen LogP contribution in [-0.4, -0.2) is 36.4 Å². The van der Waals surface area contributed by atoms with E-state index in [-0.39, 0.29) is 12.2 Å². The maximum Gasteiger partial charge on any atom is 0.335 e. The van der Waals surface area contributed by atoms with E-state index in [4.69, 9.17) is 21.5 Å². The van der Waals surface area contributed by atoms with Gasteiger partial charge in [0.25, 0.3) is 5.91 Å². The summed E-state index contributed by atoms with van der Waals surface area (Å²) < 4.78 is 4.85. The zero-order valence-electron chi connectivity index (χ0n) is 15.3. The molecule has 0 aliphatic rings. The van der Waals surface area contributed by atoms with Gasteiger partial charge in [0, 0.05) is 23.4 Å². The molecule has 1 unspecified atom stereocenters. The van der Waals surface area contributed by atoms with Gasteiger partial charge < -0.3 is 21.5 Å². The van der Waals surface area contributed by atoms with Crippen LogP contribution in [0.3, 0.4) is 0 Å². The van der Waals surface area contributed by atoms with Crippen LogP contribution in [0.15, 0.2) is 48.5 Å². The summed E-state index contributed by atoms with van der Waals surface area (Å²) in [5, 5.41) is 11.5. The van der Waals surface area contributed by atoms with Crippen LogP contribution in [-0.2, 0) is 9.53 Å². The van der Waals surface area contributed by atoms with Crippen molar-refractivity contribution in [2.45, 2.75) is 12.5 Å². The number of nitrogens with one attached hydrogen (secondary N) is 1. The van der Waals surface area contributed by atoms with Crippen LogP contribution in [0.2, 0.25) is 0 Å². The Balaban J connectivity index is 2.23. The fourth-order valence-electron chi connectivity index (χ4n) is 2.42. The molecule has 2 aromatic rings. The molecule has 0 heterocycles. The van der Waals surface area contributed by atoms with Gasteiger partial charge in [-0.25, -0.2) is 4.79 Å². The van der Waals surface area contributed by atoms with E-state index in [1.165, 1.54) is 36.4 Å². The summed E-state index contributed by atoms with van der Waals surface area (Å²) in [6.45, 7) is 1.23. The molecule has 0 radical (unpaired) electrons. The topological polar surface area (TPSA) is 148 Å². The van der Waals surface area contributed by atoms with Crippen LogP contribution < -0.4 is 16.8 Å². The lowest BCUT2D eigenvalue weighted by Crippen LogP contribution is -2.60. The van der Waals surface area contributed by atoms with Crippen LogP contribution in [0, 0.1) is 11.3 Å². The van der Waals surface area contributed by atoms with Gasteiger partial charge in [0.15, 0.2) is 11.3 Å². The molecule has 0 saturated heterocycles. The van der Waals surface area contributed by atoms with Crippen LogP contribution in [0.1, 0.15) is 33.2 Å². The number of Topliss-reactive ketones (excluding diaryl/α,β-unsaturated/α-hetero) is 1. The van der Waals surface area contributed by atoms with E-state index in [9.17, 15) is 14.4 Å². The van der Waals surface area contributed by atoms with E-state index in [2.05, 4.69) is 5.32 Å². The van der Waals surface area contributed by atoms with E-state index in [0.29, 0.717) is 16.8 Å². The zero-order chi connectivity index (χ0) is 20.7. The second kappa shape index (κ2) is 8.90. The van der Waals surface area contributed by atoms with Gasteiger partial charge >= 0.3 is 5.97 Å². The lowest BCUT2D eigenvalue weighted by Gasteiger charge is -2.24. The van der Waals surface area contributed by atoms with Crippen molar-refractivity contribution in [3.63, 3.8) is 0 Å². The van der Waals surface area contributed by atoms with Crippen molar-refractivity contribution in [1.29, 1.82) is 5.26 Å². The number of nitrogens with two attached hydrogens (primary N) is 2. The Morgan fingerprint density at radius 2 is 1.82 bits per heavy atom. The zero-order valence-corrected chi connectivity index (χ0v) is 15.3. The number of ether oxygens (including phenoxy) is 1. The molecular formula is C20H20N4O4. The monoisotopic (exact) mass is 380 g/mol. The number of benzene rings is 2. The van der Waals surface area contributed by atoms with Crippen molar-refractivity contribution in [2.24, 2.45) is 11.5 Å². The number of carbonyl (C=O) groups is 3. The molecule has 0 spiro atoms. The number of rotatable bonds is 7. The number of hydrogen-bond donors (Lipinski definition) is 3. The first kappa shape index (κ1) is 20.8. The second-order valence-electron chi connectivity index (χ2n) is 5.95. The van der Waals surface area contributed by atoms with E-state index in [1.807, 2.05) is 6.07 Å². The van der Waals surface area contributed by atoms with Gasteiger partial charge in [0.1, 0.15) is 0 Å². The molecule has 8 nitrogen and oxygen atoms in total. The van der Waals surface area contributed by atoms with E-state index in [1.54, 1.807) is 19.1 Å². The van der Waals surface area contributed by atoms with Crippen molar-refractivity contribution in [3.05, 3.63) is 65.2 Å². The minimum atomic E-state index is -2.01. The maximum absolute atomic E-state index is 12.7. The van der Waals surface area contributed by atoms with Gasteiger partial charge in [-0.05, 0) is 43.3 Å². The standard InChI is InChI=1S/C20H20N4O4/c1-2-28-19(27)20(23,12-22)17(25)15-4-3-5-16(10-15)24-18(26)14-8-6-13(11-21)7-9-14/h3-10H,2,12,22-23H2,1H3,(H,24,26). The average molecular weight is 380 g/mol. The third-order valence-corrected chi connectivity index (χ3v) is 4.03. The van der Waals surface area contributed by atoms with Gasteiger partial charge in [-0.3, -0.25) is 9.59 Å². The number of anilines is 1. The van der Waals surface area contributed by atoms with Crippen molar-refractivity contribution >= 4 is 23.3 Å². The van der Waals surface area contributed by atoms with Gasteiger partial charge in [-0.15, -0.1) is 0 Å². The Morgan fingerprint density at radius 1 is 1.14 bits per heavy atom. The molecule has 2 rings (SSSR count). The molecule has 0 fully saturated rings. The summed E-state index contributed by atoms with van der Waals surface area (Å²) >= 11 is 0. The van der Waals surface area contributed by atoms with Crippen LogP contribution in [0.4, 0.5) is 5.69 Å². The number of hydrogen-bond acceptors (Lipinski definition) is 7. The highest BCUT2D eigenvalue weighted by molar-refractivity contribution is 6.17. The predicted molar refractivity (Wildman–Crippen MR) is 102 cm³/mol. The minimum absolute atomic E-state index is 0.0613. The van der Waals surface area contributed by atoms with Gasteiger partial charge in [-0.1, -0.05) is 12.1 Å². The predicted octanol–water partition coefficient (Wildman–Crippen LogP) is 1.21. The molecule has 1 atom stereocenters. The minimum Gasteiger partial charge on any atom is -0.464 e. The Kier molecular flexibility index (Phi) is 6.60. The molecule has 0 aromatic heterocycles. The Labute approximate surface area is 162 Å². The molecule has 8 heteroatoms. The van der Waals surface area contributed by atoms with Crippen molar-refractivity contribution in [3.8, 4) is 6.07 Å². The van der Waals surface area contributed by atoms with Crippen LogP contribution in [0.5, 0.6) is 0 Å². The molecule has 0 aliphatic carbocycles. The second-order valence-corrected chi connectivity index (χ2v) is 5.95. The van der Waals surface area contributed by atoms with E-state index >= 15 is 0 Å². The summed E-state index contributed by atoms with van der Waals surface area (Å²) in [6.07, 6.45) is 0. The lowest BCUT2D eigenvalue weighted by molar-refractivity contribution is -0.147. The number of amides is 1. The Hall–Kier alpha value is -3.54. The molecule has 0 aliphatic heterocycles. The molecule has 5 N–H and O–H groups in total. The summed E-state index contributed by atoms with van der Waals surface area (Å²) in [4.78, 5) is 37.2. The smallest absolute Gasteiger partial charge is 0.335 e. The highest BCUT2D eigenvalue weighted by Gasteiger charge is 2.42. The molecule has 0 saturated carbocycles.